The number of hydrogen-bond donors (Lipinski definition) is 0. The van der Waals surface area contributed by atoms with Gasteiger partial charge in [0, 0.05) is 41.9 Å². The quantitative estimate of drug-likeness (QED) is 0.0827. The van der Waals surface area contributed by atoms with Crippen LogP contribution in [0.5, 0.6) is 0 Å². The maximum atomic E-state index is 9.03. The van der Waals surface area contributed by atoms with Crippen molar-refractivity contribution in [3.8, 4) is 12.1 Å². The highest BCUT2D eigenvalue weighted by Gasteiger charge is 2.16. The minimum atomic E-state index is 0.0779. The number of rotatable bonds is 11. The number of aromatic nitrogens is 1. The summed E-state index contributed by atoms with van der Waals surface area (Å²) in [6, 6.07) is 16.3. The molecule has 0 spiro atoms. The number of nitrogens with zero attached hydrogens (tertiary/aromatic N) is 5. The summed E-state index contributed by atoms with van der Waals surface area (Å²) in [6.07, 6.45) is 16.6. The van der Waals surface area contributed by atoms with E-state index in [0.29, 0.717) is 0 Å². The van der Waals surface area contributed by atoms with Gasteiger partial charge in [0.2, 0.25) is 0 Å². The van der Waals surface area contributed by atoms with Gasteiger partial charge in [0.15, 0.2) is 0 Å². The first-order chi connectivity index (χ1) is 21.0. The number of fused-ring (bicyclic) bond motifs is 3. The first kappa shape index (κ1) is 30.0. The van der Waals surface area contributed by atoms with Gasteiger partial charge in [-0.25, -0.2) is 0 Å². The molecule has 5 rings (SSSR count). The number of nitriles is 2. The number of allylic oxidation sites excluding steroid dienone is 1. The summed E-state index contributed by atoms with van der Waals surface area (Å²) in [6.45, 7) is 17.4. The molecule has 210 valence electrons. The Morgan fingerprint density at radius 2 is 1.23 bits per heavy atom. The lowest BCUT2D eigenvalue weighted by molar-refractivity contribution is 0.602. The van der Waals surface area contributed by atoms with Crippen LogP contribution < -0.4 is 0 Å². The largest absolute Gasteiger partial charge is 0.520 e. The summed E-state index contributed by atoms with van der Waals surface area (Å²) in [5.74, 6) is 0.0779. The Kier molecular flexibility index (Phi) is 9.85. The molecule has 0 aliphatic heterocycles. The van der Waals surface area contributed by atoms with E-state index in [1.165, 1.54) is 49.5 Å². The molecular weight excluding hydrogens is 607 g/mol. The van der Waals surface area contributed by atoms with Gasteiger partial charge in [-0.05, 0) is 73.2 Å². The fraction of sp³-hybridized carbons (Fsp3) is 0.176. The first-order valence-electron chi connectivity index (χ1n) is 13.6. The van der Waals surface area contributed by atoms with E-state index < -0.39 is 0 Å². The molecule has 5 heterocycles. The summed E-state index contributed by atoms with van der Waals surface area (Å²) in [5, 5.41) is 18.1. The Hall–Kier alpha value is -4.48. The van der Waals surface area contributed by atoms with E-state index in [0.717, 1.165) is 32.5 Å². The van der Waals surface area contributed by atoms with E-state index in [2.05, 4.69) is 57.6 Å². The third-order valence-electron chi connectivity index (χ3n) is 6.63. The average molecular weight is 632 g/mol. The SMILES string of the molecule is [C-]#[N+]C(=Cc1ccc(/C=C/c2cc3c(s2)c2sc(/C=C/c4ccc(C=C(C#N)C#N)s4)cc2n3CCCCCC)s1)[N+]#[C-]. The van der Waals surface area contributed by atoms with E-state index in [4.69, 9.17) is 23.7 Å². The molecule has 0 fully saturated rings. The van der Waals surface area contributed by atoms with Crippen LogP contribution >= 0.6 is 45.3 Å². The van der Waals surface area contributed by atoms with Crippen LogP contribution in [0.4, 0.5) is 0 Å². The van der Waals surface area contributed by atoms with Crippen molar-refractivity contribution in [3.05, 3.63) is 99.9 Å². The van der Waals surface area contributed by atoms with Crippen LogP contribution in [0.15, 0.2) is 47.8 Å². The Balaban J connectivity index is 1.43. The number of hydrogen-bond acceptors (Lipinski definition) is 6. The fourth-order valence-electron chi connectivity index (χ4n) is 4.61. The van der Waals surface area contributed by atoms with Crippen molar-refractivity contribution in [2.75, 3.05) is 0 Å². The maximum Gasteiger partial charge on any atom is 0.520 e. The lowest BCUT2D eigenvalue weighted by Crippen LogP contribution is -1.96. The Labute approximate surface area is 267 Å². The van der Waals surface area contributed by atoms with Gasteiger partial charge in [0.1, 0.15) is 30.9 Å². The number of thiophene rings is 4. The molecule has 0 aliphatic carbocycles. The normalized spacial score (nSPS) is 11.1. The molecule has 43 heavy (non-hydrogen) atoms. The first-order valence-corrected chi connectivity index (χ1v) is 16.9. The summed E-state index contributed by atoms with van der Waals surface area (Å²) in [4.78, 5) is 12.8. The van der Waals surface area contributed by atoms with E-state index in [1.54, 1.807) is 34.8 Å². The van der Waals surface area contributed by atoms with Gasteiger partial charge < -0.3 is 4.57 Å². The van der Waals surface area contributed by atoms with Gasteiger partial charge in [0.25, 0.3) is 0 Å². The highest BCUT2D eigenvalue weighted by molar-refractivity contribution is 7.28. The lowest BCUT2D eigenvalue weighted by atomic mass is 10.2. The minimum absolute atomic E-state index is 0.0779. The molecular formula is C34H25N5S4. The molecule has 0 N–H and O–H groups in total. The molecule has 5 aromatic heterocycles. The molecule has 5 nitrogen and oxygen atoms in total. The second-order valence-electron chi connectivity index (χ2n) is 9.59. The third kappa shape index (κ3) is 7.12. The van der Waals surface area contributed by atoms with Crippen LogP contribution in [-0.2, 0) is 6.54 Å². The van der Waals surface area contributed by atoms with Crippen LogP contribution in [0.1, 0.15) is 61.9 Å². The fourth-order valence-corrected chi connectivity index (χ4v) is 8.58. The Morgan fingerprint density at radius 1 is 0.721 bits per heavy atom. The van der Waals surface area contributed by atoms with Crippen LogP contribution in [0.2, 0.25) is 0 Å². The van der Waals surface area contributed by atoms with E-state index in [1.807, 2.05) is 59.1 Å². The Morgan fingerprint density at radius 3 is 1.74 bits per heavy atom. The lowest BCUT2D eigenvalue weighted by Gasteiger charge is -2.05. The second kappa shape index (κ2) is 14.1. The standard InChI is InChI=1S/C34H25N5S4/c1-4-5-6-7-16-39-30-18-27(13-9-24-8-12-26(40-24)17-23(21-35)22-36)42-33(30)34-31(39)19-28(43-34)14-10-25-11-15-29(41-25)20-32(37-2)38-3/h8-15,17-20H,4-7,16H2,1H3/b13-9+,14-10+. The van der Waals surface area contributed by atoms with Gasteiger partial charge in [0.05, 0.1) is 20.4 Å². The zero-order valence-corrected chi connectivity index (χ0v) is 26.6. The number of aryl methyl sites for hydroxylation is 1. The zero-order valence-electron chi connectivity index (χ0n) is 23.3. The van der Waals surface area contributed by atoms with Gasteiger partial charge >= 0.3 is 5.82 Å². The highest BCUT2D eigenvalue weighted by atomic mass is 32.1. The van der Waals surface area contributed by atoms with E-state index >= 15 is 0 Å². The molecule has 0 aromatic carbocycles. The van der Waals surface area contributed by atoms with Gasteiger partial charge in [-0.15, -0.1) is 45.3 Å². The molecule has 0 bridgehead atoms. The van der Waals surface area contributed by atoms with Crippen molar-refractivity contribution >= 4 is 102 Å². The predicted octanol–water partition coefficient (Wildman–Crippen LogP) is 11.5. The van der Waals surface area contributed by atoms with Crippen molar-refractivity contribution in [1.29, 1.82) is 10.5 Å². The molecule has 9 heteroatoms. The van der Waals surface area contributed by atoms with Gasteiger partial charge in [-0.1, -0.05) is 26.2 Å². The maximum absolute atomic E-state index is 9.03. The molecule has 0 amide bonds. The zero-order chi connectivity index (χ0) is 30.2. The van der Waals surface area contributed by atoms with Gasteiger partial charge in [-0.3, -0.25) is 0 Å². The third-order valence-corrected chi connectivity index (χ3v) is 11.0. The predicted molar refractivity (Wildman–Crippen MR) is 186 cm³/mol. The van der Waals surface area contributed by atoms with E-state index in [-0.39, 0.29) is 11.4 Å². The van der Waals surface area contributed by atoms with Crippen molar-refractivity contribution in [2.45, 2.75) is 39.2 Å². The highest BCUT2D eigenvalue weighted by Crippen LogP contribution is 2.41. The monoisotopic (exact) mass is 631 g/mol. The minimum Gasteiger partial charge on any atom is -0.339 e. The smallest absolute Gasteiger partial charge is 0.339 e. The van der Waals surface area contributed by atoms with Crippen LogP contribution in [0.3, 0.4) is 0 Å². The Bertz CT molecular complexity index is 1900. The molecule has 0 atom stereocenters. The van der Waals surface area contributed by atoms with Crippen LogP contribution in [0.25, 0.3) is 66.6 Å². The molecule has 5 aromatic rings. The van der Waals surface area contributed by atoms with Crippen molar-refractivity contribution in [1.82, 2.24) is 4.57 Å². The average Bonchev–Trinajstić information content (AvgIpc) is 3.84. The molecule has 0 unspecified atom stereocenters. The molecule has 0 aliphatic rings. The van der Waals surface area contributed by atoms with E-state index in [9.17, 15) is 0 Å². The summed E-state index contributed by atoms with van der Waals surface area (Å²) >= 11 is 6.74. The van der Waals surface area contributed by atoms with Crippen molar-refractivity contribution < 1.29 is 0 Å². The van der Waals surface area contributed by atoms with Crippen molar-refractivity contribution in [2.24, 2.45) is 0 Å². The second-order valence-corrected chi connectivity index (χ2v) is 14.1. The molecule has 0 saturated heterocycles. The van der Waals surface area contributed by atoms with Crippen molar-refractivity contribution in [3.63, 3.8) is 0 Å². The summed E-state index contributed by atoms with van der Waals surface area (Å²) in [7, 11) is 0. The topological polar surface area (TPSA) is 61.2 Å². The van der Waals surface area contributed by atoms with Crippen LogP contribution in [0, 0.1) is 35.8 Å². The molecule has 0 saturated carbocycles. The summed E-state index contributed by atoms with van der Waals surface area (Å²) in [5.41, 5.74) is 2.67. The molecule has 0 radical (unpaired) electrons. The van der Waals surface area contributed by atoms with Crippen LogP contribution in [-0.4, -0.2) is 4.57 Å². The summed E-state index contributed by atoms with van der Waals surface area (Å²) < 4.78 is 5.10. The number of unbranched alkanes of at least 4 members (excludes halogenated alkanes) is 3. The van der Waals surface area contributed by atoms with Gasteiger partial charge in [-0.2, -0.15) is 20.2 Å².